The average molecular weight is 291 g/mol. The minimum absolute atomic E-state index is 0.371. The number of anilines is 1. The van der Waals surface area contributed by atoms with Crippen molar-refractivity contribution < 1.29 is 4.42 Å². The SMILES string of the molecule is CCNC(C)c1cnc(N(Cc2ccco2)C2CC2)s1. The van der Waals surface area contributed by atoms with E-state index < -0.39 is 0 Å². The smallest absolute Gasteiger partial charge is 0.186 e. The van der Waals surface area contributed by atoms with Crippen LogP contribution in [0.5, 0.6) is 0 Å². The molecular weight excluding hydrogens is 270 g/mol. The van der Waals surface area contributed by atoms with Gasteiger partial charge in [-0.25, -0.2) is 4.98 Å². The summed E-state index contributed by atoms with van der Waals surface area (Å²) >= 11 is 1.79. The summed E-state index contributed by atoms with van der Waals surface area (Å²) in [6, 6.07) is 4.98. The number of furan rings is 1. The molecule has 1 N–H and O–H groups in total. The van der Waals surface area contributed by atoms with E-state index in [0.717, 1.165) is 24.0 Å². The van der Waals surface area contributed by atoms with Crippen LogP contribution in [0.25, 0.3) is 0 Å². The van der Waals surface area contributed by atoms with Crippen molar-refractivity contribution in [2.24, 2.45) is 0 Å². The summed E-state index contributed by atoms with van der Waals surface area (Å²) in [5.41, 5.74) is 0. The molecule has 0 aromatic carbocycles. The molecule has 2 heterocycles. The maximum Gasteiger partial charge on any atom is 0.186 e. The fourth-order valence-electron chi connectivity index (χ4n) is 2.33. The molecular formula is C15H21N3OS. The molecule has 3 rings (SSSR count). The van der Waals surface area contributed by atoms with Gasteiger partial charge in [0.25, 0.3) is 0 Å². The van der Waals surface area contributed by atoms with Crippen LogP contribution >= 0.6 is 11.3 Å². The van der Waals surface area contributed by atoms with Crippen LogP contribution in [0, 0.1) is 0 Å². The lowest BCUT2D eigenvalue weighted by Gasteiger charge is -2.20. The average Bonchev–Trinajstić information content (AvgIpc) is 2.95. The van der Waals surface area contributed by atoms with E-state index in [-0.39, 0.29) is 0 Å². The molecule has 0 saturated heterocycles. The number of nitrogens with one attached hydrogen (secondary N) is 1. The van der Waals surface area contributed by atoms with E-state index in [2.05, 4.69) is 29.0 Å². The van der Waals surface area contributed by atoms with E-state index in [4.69, 9.17) is 4.42 Å². The molecule has 1 atom stereocenters. The number of rotatable bonds is 7. The van der Waals surface area contributed by atoms with Gasteiger partial charge in [0, 0.05) is 23.2 Å². The molecule has 0 amide bonds. The number of nitrogens with zero attached hydrogens (tertiary/aromatic N) is 2. The number of thiazole rings is 1. The molecule has 2 aromatic heterocycles. The van der Waals surface area contributed by atoms with Crippen LogP contribution in [0.1, 0.15) is 43.4 Å². The highest BCUT2D eigenvalue weighted by atomic mass is 32.1. The predicted octanol–water partition coefficient (Wildman–Crippen LogP) is 3.58. The first-order chi connectivity index (χ1) is 9.78. The van der Waals surface area contributed by atoms with Gasteiger partial charge in [0.05, 0.1) is 12.8 Å². The molecule has 1 aliphatic carbocycles. The standard InChI is InChI=1S/C15H21N3OS/c1-3-16-11(2)14-9-17-15(20-14)18(12-6-7-12)10-13-5-4-8-19-13/h4-5,8-9,11-12,16H,3,6-7,10H2,1-2H3. The zero-order chi connectivity index (χ0) is 13.9. The third-order valence-corrected chi connectivity index (χ3v) is 4.81. The lowest BCUT2D eigenvalue weighted by atomic mass is 10.3. The third-order valence-electron chi connectivity index (χ3n) is 3.59. The highest BCUT2D eigenvalue weighted by Crippen LogP contribution is 2.36. The molecule has 108 valence electrons. The Kier molecular flexibility index (Phi) is 4.08. The quantitative estimate of drug-likeness (QED) is 0.846. The molecule has 1 fully saturated rings. The molecule has 0 spiro atoms. The van der Waals surface area contributed by atoms with Crippen molar-refractivity contribution in [2.45, 2.75) is 45.3 Å². The van der Waals surface area contributed by atoms with Crippen molar-refractivity contribution in [1.82, 2.24) is 10.3 Å². The molecule has 5 heteroatoms. The Bertz CT molecular complexity index is 533. The van der Waals surface area contributed by atoms with Gasteiger partial charge in [-0.15, -0.1) is 11.3 Å². The monoisotopic (exact) mass is 291 g/mol. The highest BCUT2D eigenvalue weighted by molar-refractivity contribution is 7.15. The highest BCUT2D eigenvalue weighted by Gasteiger charge is 2.31. The van der Waals surface area contributed by atoms with Crippen LogP contribution < -0.4 is 10.2 Å². The second-order valence-electron chi connectivity index (χ2n) is 5.26. The van der Waals surface area contributed by atoms with E-state index in [1.54, 1.807) is 17.6 Å². The Labute approximate surface area is 123 Å². The van der Waals surface area contributed by atoms with Crippen molar-refractivity contribution in [2.75, 3.05) is 11.4 Å². The van der Waals surface area contributed by atoms with Gasteiger partial charge in [-0.05, 0) is 38.4 Å². The van der Waals surface area contributed by atoms with Crippen LogP contribution in [0.15, 0.2) is 29.0 Å². The molecule has 1 saturated carbocycles. The first-order valence-corrected chi connectivity index (χ1v) is 8.07. The van der Waals surface area contributed by atoms with Crippen LogP contribution in [0.3, 0.4) is 0 Å². The van der Waals surface area contributed by atoms with Crippen LogP contribution in [0.2, 0.25) is 0 Å². The second-order valence-corrected chi connectivity index (χ2v) is 6.30. The zero-order valence-electron chi connectivity index (χ0n) is 12.0. The minimum Gasteiger partial charge on any atom is -0.467 e. The van der Waals surface area contributed by atoms with E-state index >= 15 is 0 Å². The van der Waals surface area contributed by atoms with Gasteiger partial charge in [0.15, 0.2) is 5.13 Å². The van der Waals surface area contributed by atoms with Gasteiger partial charge in [0.1, 0.15) is 5.76 Å². The fraction of sp³-hybridized carbons (Fsp3) is 0.533. The van der Waals surface area contributed by atoms with Gasteiger partial charge in [-0.1, -0.05) is 6.92 Å². The van der Waals surface area contributed by atoms with Gasteiger partial charge < -0.3 is 14.6 Å². The Morgan fingerprint density at radius 3 is 3.05 bits per heavy atom. The molecule has 4 nitrogen and oxygen atoms in total. The molecule has 0 radical (unpaired) electrons. The normalized spacial score (nSPS) is 16.3. The van der Waals surface area contributed by atoms with E-state index in [0.29, 0.717) is 12.1 Å². The lowest BCUT2D eigenvalue weighted by molar-refractivity contribution is 0.501. The lowest BCUT2D eigenvalue weighted by Crippen LogP contribution is -2.24. The maximum atomic E-state index is 5.48. The Morgan fingerprint density at radius 1 is 1.55 bits per heavy atom. The predicted molar refractivity (Wildman–Crippen MR) is 82.1 cm³/mol. The summed E-state index contributed by atoms with van der Waals surface area (Å²) in [7, 11) is 0. The first kappa shape index (κ1) is 13.6. The van der Waals surface area contributed by atoms with Gasteiger partial charge in [-0.2, -0.15) is 0 Å². The number of hydrogen-bond acceptors (Lipinski definition) is 5. The Morgan fingerprint density at radius 2 is 2.40 bits per heavy atom. The van der Waals surface area contributed by atoms with E-state index in [9.17, 15) is 0 Å². The maximum absolute atomic E-state index is 5.48. The van der Waals surface area contributed by atoms with Gasteiger partial charge in [0.2, 0.25) is 0 Å². The van der Waals surface area contributed by atoms with Crippen LogP contribution in [0.4, 0.5) is 5.13 Å². The third kappa shape index (κ3) is 3.04. The van der Waals surface area contributed by atoms with Gasteiger partial charge in [-0.3, -0.25) is 0 Å². The fourth-order valence-corrected chi connectivity index (χ4v) is 3.34. The largest absolute Gasteiger partial charge is 0.467 e. The minimum atomic E-state index is 0.371. The number of hydrogen-bond donors (Lipinski definition) is 1. The van der Waals surface area contributed by atoms with E-state index in [1.165, 1.54) is 17.7 Å². The summed E-state index contributed by atoms with van der Waals surface area (Å²) in [6.45, 7) is 6.12. The van der Waals surface area contributed by atoms with Crippen molar-refractivity contribution in [1.29, 1.82) is 0 Å². The topological polar surface area (TPSA) is 41.3 Å². The van der Waals surface area contributed by atoms with Gasteiger partial charge >= 0.3 is 0 Å². The summed E-state index contributed by atoms with van der Waals surface area (Å²) in [5.74, 6) is 1.01. The molecule has 0 bridgehead atoms. The van der Waals surface area contributed by atoms with Crippen LogP contribution in [-0.4, -0.2) is 17.6 Å². The van der Waals surface area contributed by atoms with E-state index in [1.807, 2.05) is 18.3 Å². The molecule has 1 aliphatic rings. The summed E-state index contributed by atoms with van der Waals surface area (Å²) in [4.78, 5) is 8.30. The summed E-state index contributed by atoms with van der Waals surface area (Å²) in [6.07, 6.45) is 6.27. The zero-order valence-corrected chi connectivity index (χ0v) is 12.8. The number of aromatic nitrogens is 1. The van der Waals surface area contributed by atoms with Crippen molar-refractivity contribution in [3.8, 4) is 0 Å². The second kappa shape index (κ2) is 5.97. The summed E-state index contributed by atoms with van der Waals surface area (Å²) < 4.78 is 5.48. The first-order valence-electron chi connectivity index (χ1n) is 7.26. The van der Waals surface area contributed by atoms with Crippen molar-refractivity contribution in [3.05, 3.63) is 35.2 Å². The van der Waals surface area contributed by atoms with Crippen LogP contribution in [-0.2, 0) is 6.54 Å². The summed E-state index contributed by atoms with van der Waals surface area (Å²) in [5, 5.41) is 4.55. The van der Waals surface area contributed by atoms with Crippen molar-refractivity contribution >= 4 is 16.5 Å². The Hall–Kier alpha value is -1.33. The molecule has 0 aliphatic heterocycles. The Balaban J connectivity index is 1.74. The van der Waals surface area contributed by atoms with Crippen molar-refractivity contribution in [3.63, 3.8) is 0 Å². The molecule has 20 heavy (non-hydrogen) atoms. The molecule has 1 unspecified atom stereocenters. The molecule has 2 aromatic rings.